The molecule has 1 fully saturated rings. The second-order valence-corrected chi connectivity index (χ2v) is 3.81. The van der Waals surface area contributed by atoms with Gasteiger partial charge in [-0.1, -0.05) is 0 Å². The van der Waals surface area contributed by atoms with Crippen LogP contribution >= 0.6 is 0 Å². The Labute approximate surface area is 90.1 Å². The van der Waals surface area contributed by atoms with Gasteiger partial charge in [0.1, 0.15) is 0 Å². The van der Waals surface area contributed by atoms with E-state index < -0.39 is 0 Å². The number of aliphatic hydroxyl groups excluding tert-OH is 1. The van der Waals surface area contributed by atoms with Crippen molar-refractivity contribution in [2.24, 2.45) is 10.8 Å². The van der Waals surface area contributed by atoms with Crippen molar-refractivity contribution in [2.45, 2.75) is 26.0 Å². The summed E-state index contributed by atoms with van der Waals surface area (Å²) in [6, 6.07) is 0.187. The molecule has 1 heterocycles. The number of hydrogen-bond donors (Lipinski definition) is 3. The lowest BCUT2D eigenvalue weighted by Crippen LogP contribution is -2.53. The molecule has 88 valence electrons. The topological polar surface area (TPSA) is 83.1 Å². The first-order chi connectivity index (χ1) is 7.17. The van der Waals surface area contributed by atoms with Gasteiger partial charge >= 0.3 is 0 Å². The highest BCUT2D eigenvalue weighted by Gasteiger charge is 2.22. The van der Waals surface area contributed by atoms with Crippen LogP contribution in [0.15, 0.2) is 4.99 Å². The van der Waals surface area contributed by atoms with Gasteiger partial charge in [-0.3, -0.25) is 5.43 Å². The molecular formula is C9H20N4O2. The van der Waals surface area contributed by atoms with Crippen molar-refractivity contribution < 1.29 is 9.84 Å². The highest BCUT2D eigenvalue weighted by molar-refractivity contribution is 5.79. The van der Waals surface area contributed by atoms with Gasteiger partial charge in [0.25, 0.3) is 0 Å². The van der Waals surface area contributed by atoms with E-state index in [0.29, 0.717) is 19.1 Å². The molecule has 15 heavy (non-hydrogen) atoms. The maximum Gasteiger partial charge on any atom is 0.208 e. The molecule has 0 aromatic carbocycles. The van der Waals surface area contributed by atoms with Crippen LogP contribution in [-0.2, 0) is 4.74 Å². The van der Waals surface area contributed by atoms with Gasteiger partial charge < -0.3 is 14.7 Å². The molecule has 0 aliphatic carbocycles. The van der Waals surface area contributed by atoms with E-state index in [4.69, 9.17) is 15.7 Å². The minimum atomic E-state index is -0.149. The molecule has 1 unspecified atom stereocenters. The number of nitrogens with zero attached hydrogens (tertiary/aromatic N) is 2. The molecule has 1 atom stereocenters. The third kappa shape index (κ3) is 3.65. The number of aliphatic imine (C=N–C) groups is 1. The number of nitrogens with two attached hydrogens (primary N) is 1. The lowest BCUT2D eigenvalue weighted by atomic mass is 10.3. The molecule has 4 N–H and O–H groups in total. The van der Waals surface area contributed by atoms with Crippen molar-refractivity contribution in [1.29, 1.82) is 0 Å². The van der Waals surface area contributed by atoms with E-state index in [9.17, 15) is 0 Å². The van der Waals surface area contributed by atoms with Crippen molar-refractivity contribution in [3.63, 3.8) is 0 Å². The van der Waals surface area contributed by atoms with Gasteiger partial charge in [-0.05, 0) is 13.8 Å². The molecule has 0 radical (unpaired) electrons. The van der Waals surface area contributed by atoms with E-state index in [1.165, 1.54) is 0 Å². The first-order valence-electron chi connectivity index (χ1n) is 5.19. The highest BCUT2D eigenvalue weighted by atomic mass is 16.5. The second kappa shape index (κ2) is 5.89. The lowest BCUT2D eigenvalue weighted by Gasteiger charge is -2.34. The van der Waals surface area contributed by atoms with Crippen molar-refractivity contribution in [3.05, 3.63) is 0 Å². The Morgan fingerprint density at radius 2 is 2.47 bits per heavy atom. The van der Waals surface area contributed by atoms with Gasteiger partial charge in [0.2, 0.25) is 5.96 Å². The number of aliphatic hydroxyl groups is 1. The molecule has 0 spiro atoms. The molecule has 0 bridgehead atoms. The molecule has 0 saturated carbocycles. The van der Waals surface area contributed by atoms with E-state index in [0.717, 1.165) is 6.54 Å². The molecule has 1 rings (SSSR count). The fraction of sp³-hybridized carbons (Fsp3) is 0.889. The summed E-state index contributed by atoms with van der Waals surface area (Å²) in [6.45, 7) is 5.95. The normalized spacial score (nSPS) is 23.4. The summed E-state index contributed by atoms with van der Waals surface area (Å²) in [5.41, 5.74) is 2.59. The summed E-state index contributed by atoms with van der Waals surface area (Å²) in [7, 11) is 0. The smallest absolute Gasteiger partial charge is 0.208 e. The van der Waals surface area contributed by atoms with Crippen molar-refractivity contribution in [1.82, 2.24) is 10.3 Å². The first-order valence-corrected chi connectivity index (χ1v) is 5.19. The summed E-state index contributed by atoms with van der Waals surface area (Å²) < 4.78 is 5.34. The number of ether oxygens (including phenoxy) is 1. The monoisotopic (exact) mass is 216 g/mol. The SMILES string of the molecule is CC(C)N=C(NN)N1CCOC(CO)C1. The molecule has 6 heteroatoms. The van der Waals surface area contributed by atoms with E-state index in [1.807, 2.05) is 18.7 Å². The van der Waals surface area contributed by atoms with Crippen molar-refractivity contribution in [3.8, 4) is 0 Å². The van der Waals surface area contributed by atoms with Crippen LogP contribution in [0.3, 0.4) is 0 Å². The molecular weight excluding hydrogens is 196 g/mol. The van der Waals surface area contributed by atoms with Gasteiger partial charge in [0, 0.05) is 19.1 Å². The van der Waals surface area contributed by atoms with Crippen LogP contribution in [-0.4, -0.2) is 54.4 Å². The quantitative estimate of drug-likeness (QED) is 0.236. The van der Waals surface area contributed by atoms with Crippen LogP contribution in [0.5, 0.6) is 0 Å². The van der Waals surface area contributed by atoms with Gasteiger partial charge in [0.15, 0.2) is 0 Å². The molecule has 1 aliphatic rings. The predicted octanol–water partition coefficient (Wildman–Crippen LogP) is -1.09. The number of rotatable bonds is 2. The Balaban J connectivity index is 2.60. The minimum Gasteiger partial charge on any atom is -0.394 e. The number of hydrogen-bond acceptors (Lipinski definition) is 4. The summed E-state index contributed by atoms with van der Waals surface area (Å²) in [4.78, 5) is 6.35. The van der Waals surface area contributed by atoms with Gasteiger partial charge in [-0.15, -0.1) is 0 Å². The van der Waals surface area contributed by atoms with Gasteiger partial charge in [0.05, 0.1) is 19.3 Å². The van der Waals surface area contributed by atoms with Crippen LogP contribution in [0.25, 0.3) is 0 Å². The maximum atomic E-state index is 9.00. The van der Waals surface area contributed by atoms with Crippen molar-refractivity contribution in [2.75, 3.05) is 26.3 Å². The zero-order chi connectivity index (χ0) is 11.3. The van der Waals surface area contributed by atoms with Crippen molar-refractivity contribution >= 4 is 5.96 Å². The number of hydrazine groups is 1. The number of guanidine groups is 1. The third-order valence-electron chi connectivity index (χ3n) is 2.15. The highest BCUT2D eigenvalue weighted by Crippen LogP contribution is 2.05. The summed E-state index contributed by atoms with van der Waals surface area (Å²) in [5.74, 6) is 6.07. The summed E-state index contributed by atoms with van der Waals surface area (Å²) in [5, 5.41) is 9.00. The third-order valence-corrected chi connectivity index (χ3v) is 2.15. The minimum absolute atomic E-state index is 0.0238. The zero-order valence-electron chi connectivity index (χ0n) is 9.31. The van der Waals surface area contributed by atoms with Crippen LogP contribution < -0.4 is 11.3 Å². The fourth-order valence-electron chi connectivity index (χ4n) is 1.48. The molecule has 1 saturated heterocycles. The van der Waals surface area contributed by atoms with Crippen LogP contribution in [0, 0.1) is 0 Å². The Bertz CT molecular complexity index is 220. The molecule has 0 amide bonds. The Morgan fingerprint density at radius 3 is 3.00 bits per heavy atom. The average molecular weight is 216 g/mol. The number of morpholine rings is 1. The van der Waals surface area contributed by atoms with Crippen LogP contribution in [0.1, 0.15) is 13.8 Å². The summed E-state index contributed by atoms with van der Waals surface area (Å²) >= 11 is 0. The molecule has 0 aromatic heterocycles. The van der Waals surface area contributed by atoms with Gasteiger partial charge in [-0.2, -0.15) is 0 Å². The standard InChI is InChI=1S/C9H20N4O2/c1-7(2)11-9(12-10)13-3-4-15-8(5-13)6-14/h7-8,14H,3-6,10H2,1-2H3,(H,11,12). The molecule has 6 nitrogen and oxygen atoms in total. The lowest BCUT2D eigenvalue weighted by molar-refractivity contribution is -0.0349. The first kappa shape index (κ1) is 12.2. The summed E-state index contributed by atoms with van der Waals surface area (Å²) in [6.07, 6.45) is -0.149. The zero-order valence-corrected chi connectivity index (χ0v) is 9.31. The largest absolute Gasteiger partial charge is 0.394 e. The maximum absolute atomic E-state index is 9.00. The number of nitrogens with one attached hydrogen (secondary N) is 1. The fourth-order valence-corrected chi connectivity index (χ4v) is 1.48. The van der Waals surface area contributed by atoms with E-state index in [1.54, 1.807) is 0 Å². The van der Waals surface area contributed by atoms with E-state index in [-0.39, 0.29) is 18.8 Å². The predicted molar refractivity (Wildman–Crippen MR) is 58.3 cm³/mol. The Hall–Kier alpha value is -0.850. The molecule has 0 aromatic rings. The Morgan fingerprint density at radius 1 is 1.73 bits per heavy atom. The average Bonchev–Trinajstić information content (AvgIpc) is 2.25. The van der Waals surface area contributed by atoms with Gasteiger partial charge in [-0.25, -0.2) is 10.8 Å². The van der Waals surface area contributed by atoms with E-state index in [2.05, 4.69) is 10.4 Å². The van der Waals surface area contributed by atoms with Crippen LogP contribution in [0.2, 0.25) is 0 Å². The van der Waals surface area contributed by atoms with E-state index >= 15 is 0 Å². The van der Waals surface area contributed by atoms with Crippen LogP contribution in [0.4, 0.5) is 0 Å². The molecule has 1 aliphatic heterocycles. The second-order valence-electron chi connectivity index (χ2n) is 3.81. The Kier molecular flexibility index (Phi) is 4.80.